The van der Waals surface area contributed by atoms with Crippen LogP contribution >= 0.6 is 11.6 Å². The lowest BCUT2D eigenvalue weighted by Crippen LogP contribution is -2.08. The van der Waals surface area contributed by atoms with E-state index in [9.17, 15) is 4.79 Å². The van der Waals surface area contributed by atoms with Gasteiger partial charge in [-0.2, -0.15) is 0 Å². The molecule has 108 valence electrons. The number of benzene rings is 1. The number of hydrogen-bond donors (Lipinski definition) is 0. The molecule has 1 aromatic rings. The van der Waals surface area contributed by atoms with Gasteiger partial charge in [-0.1, -0.05) is 47.5 Å². The quantitative estimate of drug-likeness (QED) is 0.591. The van der Waals surface area contributed by atoms with Crippen LogP contribution in [0.2, 0.25) is 5.02 Å². The van der Waals surface area contributed by atoms with Gasteiger partial charge in [0, 0.05) is 22.9 Å². The van der Waals surface area contributed by atoms with E-state index in [2.05, 4.69) is 25.2 Å². The maximum atomic E-state index is 12.0. The second-order valence-corrected chi connectivity index (χ2v) is 5.87. The summed E-state index contributed by atoms with van der Waals surface area (Å²) in [6.07, 6.45) is 8.10. The Kier molecular flexibility index (Phi) is 3.98. The number of carbonyl (C=O) groups excluding carboxylic acids is 1. The Hall–Kier alpha value is -1.80. The molecule has 1 aromatic carbocycles. The van der Waals surface area contributed by atoms with Crippen molar-refractivity contribution in [1.82, 2.24) is 0 Å². The minimum Gasteiger partial charge on any atom is -0.462 e. The minimum absolute atomic E-state index is 0.181. The van der Waals surface area contributed by atoms with Gasteiger partial charge in [-0.3, -0.25) is 0 Å². The molecule has 1 fully saturated rings. The predicted molar refractivity (Wildman–Crippen MR) is 85.0 cm³/mol. The van der Waals surface area contributed by atoms with Crippen LogP contribution in [0.3, 0.4) is 0 Å². The van der Waals surface area contributed by atoms with Crippen LogP contribution in [0.25, 0.3) is 5.57 Å². The van der Waals surface area contributed by atoms with Crippen molar-refractivity contribution in [3.8, 4) is 0 Å². The Morgan fingerprint density at radius 2 is 2.05 bits per heavy atom. The number of hydrogen-bond acceptors (Lipinski definition) is 2. The molecule has 3 heteroatoms. The number of cyclic esters (lactones) is 1. The molecule has 1 aliphatic heterocycles. The SMILES string of the molecule is CC1=CCC(/C(=C2\CCOC2=O)c2ccc(Cl)cc2)C=C1. The third kappa shape index (κ3) is 2.96. The van der Waals surface area contributed by atoms with E-state index in [4.69, 9.17) is 16.3 Å². The zero-order valence-corrected chi connectivity index (χ0v) is 12.7. The first-order valence-corrected chi connectivity index (χ1v) is 7.54. The fourth-order valence-electron chi connectivity index (χ4n) is 2.86. The molecule has 0 spiro atoms. The summed E-state index contributed by atoms with van der Waals surface area (Å²) in [5.41, 5.74) is 4.20. The van der Waals surface area contributed by atoms with Gasteiger partial charge < -0.3 is 4.74 Å². The molecule has 1 atom stereocenters. The van der Waals surface area contributed by atoms with Gasteiger partial charge in [0.15, 0.2) is 0 Å². The third-order valence-electron chi connectivity index (χ3n) is 3.97. The van der Waals surface area contributed by atoms with Crippen molar-refractivity contribution in [1.29, 1.82) is 0 Å². The van der Waals surface area contributed by atoms with Crippen LogP contribution in [0.1, 0.15) is 25.3 Å². The molecule has 0 saturated carbocycles. The fourth-order valence-corrected chi connectivity index (χ4v) is 2.99. The molecule has 0 amide bonds. The fraction of sp³-hybridized carbons (Fsp3) is 0.278. The molecule has 0 radical (unpaired) electrons. The van der Waals surface area contributed by atoms with E-state index in [0.717, 1.165) is 23.1 Å². The zero-order chi connectivity index (χ0) is 14.8. The minimum atomic E-state index is -0.181. The van der Waals surface area contributed by atoms with Gasteiger partial charge in [-0.25, -0.2) is 4.79 Å². The van der Waals surface area contributed by atoms with Gasteiger partial charge in [0.25, 0.3) is 0 Å². The van der Waals surface area contributed by atoms with Gasteiger partial charge in [0.2, 0.25) is 0 Å². The van der Waals surface area contributed by atoms with Gasteiger partial charge in [0.05, 0.1) is 6.61 Å². The molecule has 21 heavy (non-hydrogen) atoms. The third-order valence-corrected chi connectivity index (χ3v) is 4.22. The summed E-state index contributed by atoms with van der Waals surface area (Å²) in [5.74, 6) is 0.0372. The Balaban J connectivity index is 2.06. The predicted octanol–water partition coefficient (Wildman–Crippen LogP) is 4.56. The standard InChI is InChI=1S/C18H17ClO2/c1-12-2-4-13(5-3-12)17(16-10-11-21-18(16)20)14-6-8-15(19)9-7-14/h2-4,6-9,13H,5,10-11H2,1H3/b17-16-. The van der Waals surface area contributed by atoms with Crippen LogP contribution in [-0.4, -0.2) is 12.6 Å². The van der Waals surface area contributed by atoms with Crippen LogP contribution in [-0.2, 0) is 9.53 Å². The van der Waals surface area contributed by atoms with Gasteiger partial charge in [-0.15, -0.1) is 0 Å². The van der Waals surface area contributed by atoms with E-state index >= 15 is 0 Å². The highest BCUT2D eigenvalue weighted by Crippen LogP contribution is 2.36. The lowest BCUT2D eigenvalue weighted by atomic mass is 9.83. The molecule has 2 nitrogen and oxygen atoms in total. The molecule has 0 bridgehead atoms. The smallest absolute Gasteiger partial charge is 0.334 e. The van der Waals surface area contributed by atoms with E-state index in [1.54, 1.807) is 0 Å². The van der Waals surface area contributed by atoms with Gasteiger partial charge >= 0.3 is 5.97 Å². The summed E-state index contributed by atoms with van der Waals surface area (Å²) in [5, 5.41) is 0.701. The van der Waals surface area contributed by atoms with Crippen LogP contribution in [0.15, 0.2) is 53.6 Å². The summed E-state index contributed by atoms with van der Waals surface area (Å²) >= 11 is 5.98. The van der Waals surface area contributed by atoms with E-state index in [1.165, 1.54) is 5.57 Å². The number of halogens is 1. The van der Waals surface area contributed by atoms with Crippen LogP contribution in [0.5, 0.6) is 0 Å². The van der Waals surface area contributed by atoms with Crippen molar-refractivity contribution in [3.63, 3.8) is 0 Å². The van der Waals surface area contributed by atoms with E-state index in [1.807, 2.05) is 24.3 Å². The highest BCUT2D eigenvalue weighted by atomic mass is 35.5. The number of esters is 1. The van der Waals surface area contributed by atoms with Crippen molar-refractivity contribution in [2.75, 3.05) is 6.61 Å². The molecule has 1 unspecified atom stereocenters. The van der Waals surface area contributed by atoms with E-state index < -0.39 is 0 Å². The monoisotopic (exact) mass is 300 g/mol. The topological polar surface area (TPSA) is 26.3 Å². The Morgan fingerprint density at radius 1 is 1.29 bits per heavy atom. The summed E-state index contributed by atoms with van der Waals surface area (Å²) in [6.45, 7) is 2.57. The summed E-state index contributed by atoms with van der Waals surface area (Å²) in [4.78, 5) is 12.0. The Bertz CT molecular complexity index is 650. The second kappa shape index (κ2) is 5.90. The second-order valence-electron chi connectivity index (χ2n) is 5.43. The average molecular weight is 301 g/mol. The van der Waals surface area contributed by atoms with E-state index in [0.29, 0.717) is 18.1 Å². The normalized spacial score (nSPS) is 23.8. The van der Waals surface area contributed by atoms with Gasteiger partial charge in [-0.05, 0) is 36.6 Å². The lowest BCUT2D eigenvalue weighted by molar-refractivity contribution is -0.135. The van der Waals surface area contributed by atoms with Crippen molar-refractivity contribution in [3.05, 3.63) is 64.2 Å². The molecule has 1 saturated heterocycles. The van der Waals surface area contributed by atoms with E-state index in [-0.39, 0.29) is 11.9 Å². The zero-order valence-electron chi connectivity index (χ0n) is 11.9. The highest BCUT2D eigenvalue weighted by molar-refractivity contribution is 6.30. The molecular weight excluding hydrogens is 284 g/mol. The highest BCUT2D eigenvalue weighted by Gasteiger charge is 2.27. The van der Waals surface area contributed by atoms with Crippen molar-refractivity contribution < 1.29 is 9.53 Å². The molecule has 0 N–H and O–H groups in total. The van der Waals surface area contributed by atoms with Crippen LogP contribution in [0.4, 0.5) is 0 Å². The lowest BCUT2D eigenvalue weighted by Gasteiger charge is -2.21. The van der Waals surface area contributed by atoms with Crippen LogP contribution < -0.4 is 0 Å². The molecule has 3 rings (SSSR count). The summed E-state index contributed by atoms with van der Waals surface area (Å²) in [7, 11) is 0. The Labute approximate surface area is 129 Å². The first kappa shape index (κ1) is 14.2. The molecular formula is C18H17ClO2. The number of allylic oxidation sites excluding steroid dienone is 5. The maximum absolute atomic E-state index is 12.0. The summed E-state index contributed by atoms with van der Waals surface area (Å²) in [6, 6.07) is 7.70. The van der Waals surface area contributed by atoms with Crippen molar-refractivity contribution in [2.24, 2.45) is 5.92 Å². The maximum Gasteiger partial charge on any atom is 0.334 e. The number of rotatable bonds is 2. The summed E-state index contributed by atoms with van der Waals surface area (Å²) < 4.78 is 5.14. The van der Waals surface area contributed by atoms with Crippen LogP contribution in [0, 0.1) is 5.92 Å². The molecule has 1 heterocycles. The molecule has 0 aromatic heterocycles. The number of carbonyl (C=O) groups is 1. The number of ether oxygens (including phenoxy) is 1. The Morgan fingerprint density at radius 3 is 2.62 bits per heavy atom. The van der Waals surface area contributed by atoms with Gasteiger partial charge in [0.1, 0.15) is 0 Å². The average Bonchev–Trinajstić information content (AvgIpc) is 2.90. The first-order chi connectivity index (χ1) is 10.1. The van der Waals surface area contributed by atoms with Crippen molar-refractivity contribution in [2.45, 2.75) is 19.8 Å². The first-order valence-electron chi connectivity index (χ1n) is 7.16. The molecule has 2 aliphatic rings. The van der Waals surface area contributed by atoms with Crippen molar-refractivity contribution >= 4 is 23.1 Å². The molecule has 1 aliphatic carbocycles. The largest absolute Gasteiger partial charge is 0.462 e.